The van der Waals surface area contributed by atoms with Crippen LogP contribution in [0.2, 0.25) is 0 Å². The van der Waals surface area contributed by atoms with Gasteiger partial charge in [-0.15, -0.1) is 0 Å². The van der Waals surface area contributed by atoms with E-state index in [0.29, 0.717) is 5.69 Å². The number of carbonyl (C=O) groups is 1. The third kappa shape index (κ3) is 4.08. The lowest BCUT2D eigenvalue weighted by atomic mass is 10.0. The summed E-state index contributed by atoms with van der Waals surface area (Å²) in [5, 5.41) is 5.87. The van der Waals surface area contributed by atoms with Gasteiger partial charge in [-0.25, -0.2) is 13.1 Å². The lowest BCUT2D eigenvalue weighted by molar-refractivity contribution is -0.115. The molecule has 0 aliphatic rings. The van der Waals surface area contributed by atoms with Crippen molar-refractivity contribution in [2.45, 2.75) is 31.2 Å². The van der Waals surface area contributed by atoms with Gasteiger partial charge in [0.1, 0.15) is 5.58 Å². The van der Waals surface area contributed by atoms with E-state index in [1.54, 1.807) is 32.2 Å². The number of carbonyl (C=O) groups excluding carboxylic acids is 1. The molecule has 0 spiro atoms. The van der Waals surface area contributed by atoms with Crippen LogP contribution in [0.3, 0.4) is 0 Å². The maximum absolute atomic E-state index is 12.6. The molecule has 7 heteroatoms. The van der Waals surface area contributed by atoms with Crippen LogP contribution in [0, 0.1) is 0 Å². The molecule has 0 unspecified atom stereocenters. The van der Waals surface area contributed by atoms with Gasteiger partial charge in [0.2, 0.25) is 15.9 Å². The molecule has 0 aliphatic heterocycles. The van der Waals surface area contributed by atoms with Gasteiger partial charge in [0.15, 0.2) is 0 Å². The van der Waals surface area contributed by atoms with Gasteiger partial charge < -0.3 is 9.73 Å². The van der Waals surface area contributed by atoms with Gasteiger partial charge in [-0.2, -0.15) is 0 Å². The molecule has 4 aromatic rings. The zero-order valence-electron chi connectivity index (χ0n) is 16.7. The average molecular weight is 423 g/mol. The fourth-order valence-electron chi connectivity index (χ4n) is 3.48. The van der Waals surface area contributed by atoms with E-state index in [4.69, 9.17) is 4.42 Å². The van der Waals surface area contributed by atoms with E-state index in [-0.39, 0.29) is 23.3 Å². The molecule has 0 atom stereocenters. The summed E-state index contributed by atoms with van der Waals surface area (Å²) in [6, 6.07) is 17.8. The highest BCUT2D eigenvalue weighted by atomic mass is 32.2. The SMILES string of the molecule is CC(C)NS(=O)(=O)c1ccc(NC(=O)Cc2coc3ccc4ccccc4c23)cc1. The van der Waals surface area contributed by atoms with Crippen LogP contribution >= 0.6 is 0 Å². The number of anilines is 1. The van der Waals surface area contributed by atoms with Crippen LogP contribution in [0.1, 0.15) is 19.4 Å². The molecule has 30 heavy (non-hydrogen) atoms. The maximum Gasteiger partial charge on any atom is 0.240 e. The highest BCUT2D eigenvalue weighted by Gasteiger charge is 2.16. The van der Waals surface area contributed by atoms with E-state index in [1.165, 1.54) is 12.1 Å². The van der Waals surface area contributed by atoms with Crippen molar-refractivity contribution in [2.75, 3.05) is 5.32 Å². The molecule has 3 aromatic carbocycles. The van der Waals surface area contributed by atoms with Gasteiger partial charge in [0.25, 0.3) is 0 Å². The van der Waals surface area contributed by atoms with Crippen molar-refractivity contribution < 1.29 is 17.6 Å². The molecule has 2 N–H and O–H groups in total. The van der Waals surface area contributed by atoms with Crippen molar-refractivity contribution in [3.8, 4) is 0 Å². The Morgan fingerprint density at radius 3 is 2.47 bits per heavy atom. The molecular formula is C23H22N2O4S. The van der Waals surface area contributed by atoms with Crippen LogP contribution in [-0.4, -0.2) is 20.4 Å². The van der Waals surface area contributed by atoms with Gasteiger partial charge in [-0.05, 0) is 55.0 Å². The number of rotatable bonds is 6. The summed E-state index contributed by atoms with van der Waals surface area (Å²) in [5.74, 6) is -0.207. The minimum absolute atomic E-state index is 0.149. The Bertz CT molecular complexity index is 1320. The first-order chi connectivity index (χ1) is 14.3. The van der Waals surface area contributed by atoms with Crippen molar-refractivity contribution in [1.29, 1.82) is 0 Å². The lowest BCUT2D eigenvalue weighted by Crippen LogP contribution is -2.30. The Morgan fingerprint density at radius 2 is 1.73 bits per heavy atom. The van der Waals surface area contributed by atoms with Crippen LogP contribution in [0.25, 0.3) is 21.7 Å². The molecular weight excluding hydrogens is 400 g/mol. The number of sulfonamides is 1. The van der Waals surface area contributed by atoms with Crippen molar-refractivity contribution >= 4 is 43.4 Å². The fraction of sp³-hybridized carbons (Fsp3) is 0.174. The Morgan fingerprint density at radius 1 is 1.00 bits per heavy atom. The van der Waals surface area contributed by atoms with Gasteiger partial charge in [0, 0.05) is 22.7 Å². The smallest absolute Gasteiger partial charge is 0.240 e. The molecule has 1 aromatic heterocycles. The first-order valence-electron chi connectivity index (χ1n) is 9.63. The van der Waals surface area contributed by atoms with E-state index >= 15 is 0 Å². The Balaban J connectivity index is 1.52. The fourth-order valence-corrected chi connectivity index (χ4v) is 4.73. The maximum atomic E-state index is 12.6. The number of fused-ring (bicyclic) bond motifs is 3. The number of nitrogens with one attached hydrogen (secondary N) is 2. The molecule has 6 nitrogen and oxygen atoms in total. The highest BCUT2D eigenvalue weighted by Crippen LogP contribution is 2.30. The first kappa shape index (κ1) is 20.1. The average Bonchev–Trinajstić information content (AvgIpc) is 3.10. The van der Waals surface area contributed by atoms with E-state index in [0.717, 1.165) is 27.3 Å². The summed E-state index contributed by atoms with van der Waals surface area (Å²) >= 11 is 0. The number of hydrogen-bond acceptors (Lipinski definition) is 4. The second kappa shape index (κ2) is 7.93. The topological polar surface area (TPSA) is 88.4 Å². The third-order valence-corrected chi connectivity index (χ3v) is 6.40. The normalized spacial score (nSPS) is 12.0. The van der Waals surface area contributed by atoms with Crippen LogP contribution in [0.5, 0.6) is 0 Å². The van der Waals surface area contributed by atoms with Crippen molar-refractivity contribution in [3.05, 3.63) is 72.5 Å². The molecule has 0 bridgehead atoms. The molecule has 1 amide bonds. The predicted octanol–water partition coefficient (Wildman–Crippen LogP) is 4.45. The molecule has 0 fully saturated rings. The third-order valence-electron chi connectivity index (χ3n) is 4.73. The van der Waals surface area contributed by atoms with Crippen molar-refractivity contribution in [1.82, 2.24) is 4.72 Å². The number of amides is 1. The van der Waals surface area contributed by atoms with Gasteiger partial charge in [0.05, 0.1) is 17.6 Å². The monoisotopic (exact) mass is 422 g/mol. The Kier molecular flexibility index (Phi) is 5.32. The minimum atomic E-state index is -3.57. The second-order valence-corrected chi connectivity index (χ2v) is 9.16. The molecule has 0 radical (unpaired) electrons. The van der Waals surface area contributed by atoms with Gasteiger partial charge in [-0.3, -0.25) is 4.79 Å². The van der Waals surface area contributed by atoms with Crippen LogP contribution in [-0.2, 0) is 21.2 Å². The van der Waals surface area contributed by atoms with Crippen molar-refractivity contribution in [2.24, 2.45) is 0 Å². The number of furan rings is 1. The predicted molar refractivity (Wildman–Crippen MR) is 118 cm³/mol. The number of hydrogen-bond donors (Lipinski definition) is 2. The van der Waals surface area contributed by atoms with E-state index in [2.05, 4.69) is 10.0 Å². The minimum Gasteiger partial charge on any atom is -0.464 e. The summed E-state index contributed by atoms with van der Waals surface area (Å²) in [5.41, 5.74) is 2.07. The van der Waals surface area contributed by atoms with Crippen molar-refractivity contribution in [3.63, 3.8) is 0 Å². The lowest BCUT2D eigenvalue weighted by Gasteiger charge is -2.10. The highest BCUT2D eigenvalue weighted by molar-refractivity contribution is 7.89. The summed E-state index contributed by atoms with van der Waals surface area (Å²) in [6.07, 6.45) is 1.76. The Hall–Kier alpha value is -3.16. The van der Waals surface area contributed by atoms with E-state index in [9.17, 15) is 13.2 Å². The largest absolute Gasteiger partial charge is 0.464 e. The van der Waals surface area contributed by atoms with E-state index in [1.807, 2.05) is 36.4 Å². The van der Waals surface area contributed by atoms with Crippen LogP contribution in [0.4, 0.5) is 5.69 Å². The summed E-state index contributed by atoms with van der Waals surface area (Å²) < 4.78 is 32.6. The Labute approximate surface area is 174 Å². The van der Waals surface area contributed by atoms with Crippen LogP contribution < -0.4 is 10.0 Å². The second-order valence-electron chi connectivity index (χ2n) is 7.45. The summed E-state index contributed by atoms with van der Waals surface area (Å²) in [6.45, 7) is 3.52. The number of benzene rings is 3. The first-order valence-corrected chi connectivity index (χ1v) is 11.1. The zero-order chi connectivity index (χ0) is 21.3. The quantitative estimate of drug-likeness (QED) is 0.480. The molecule has 1 heterocycles. The summed E-state index contributed by atoms with van der Waals surface area (Å²) in [4.78, 5) is 12.8. The molecule has 0 aliphatic carbocycles. The molecule has 0 saturated carbocycles. The van der Waals surface area contributed by atoms with Gasteiger partial charge >= 0.3 is 0 Å². The van der Waals surface area contributed by atoms with E-state index < -0.39 is 10.0 Å². The molecule has 154 valence electrons. The molecule has 0 saturated heterocycles. The van der Waals surface area contributed by atoms with Gasteiger partial charge in [-0.1, -0.05) is 30.3 Å². The molecule has 4 rings (SSSR count). The summed E-state index contributed by atoms with van der Waals surface area (Å²) in [7, 11) is -3.57. The zero-order valence-corrected chi connectivity index (χ0v) is 17.5. The van der Waals surface area contributed by atoms with Crippen LogP contribution in [0.15, 0.2) is 76.2 Å². The standard InChI is InChI=1S/C23H22N2O4S/c1-15(2)25-30(27,28)19-10-8-18(9-11-19)24-22(26)13-17-14-29-21-12-7-16-5-3-4-6-20(16)23(17)21/h3-12,14-15,25H,13H2,1-2H3,(H,24,26).